The van der Waals surface area contributed by atoms with E-state index in [1.54, 1.807) is 19.1 Å². The summed E-state index contributed by atoms with van der Waals surface area (Å²) in [5.74, 6) is -0.0626. The molecule has 0 radical (unpaired) electrons. The lowest BCUT2D eigenvalue weighted by Crippen LogP contribution is -2.09. The zero-order chi connectivity index (χ0) is 11.4. The predicted molar refractivity (Wildman–Crippen MR) is 60.2 cm³/mol. The Labute approximate surface area is 90.9 Å². The van der Waals surface area contributed by atoms with Crippen LogP contribution < -0.4 is 0 Å². The SMILES string of the molecule is CCCC(C)C(O)c1ccc(C)c(F)c1. The van der Waals surface area contributed by atoms with Crippen molar-refractivity contribution < 1.29 is 9.50 Å². The molecule has 0 amide bonds. The fraction of sp³-hybridized carbons (Fsp3) is 0.538. The van der Waals surface area contributed by atoms with Gasteiger partial charge >= 0.3 is 0 Å². The smallest absolute Gasteiger partial charge is 0.126 e. The molecular formula is C13H19FO. The monoisotopic (exact) mass is 210 g/mol. The molecule has 1 N–H and O–H groups in total. The standard InChI is InChI=1S/C13H19FO/c1-4-5-10(3)13(15)11-7-6-9(2)12(14)8-11/h6-8,10,13,15H,4-5H2,1-3H3. The van der Waals surface area contributed by atoms with Gasteiger partial charge in [0.1, 0.15) is 5.82 Å². The van der Waals surface area contributed by atoms with E-state index in [1.807, 2.05) is 6.92 Å². The Morgan fingerprint density at radius 3 is 2.60 bits per heavy atom. The van der Waals surface area contributed by atoms with Crippen LogP contribution in [0.4, 0.5) is 4.39 Å². The molecule has 0 fully saturated rings. The van der Waals surface area contributed by atoms with Gasteiger partial charge in [0, 0.05) is 0 Å². The molecule has 2 heteroatoms. The molecule has 0 aromatic heterocycles. The molecular weight excluding hydrogens is 191 g/mol. The molecule has 0 aliphatic heterocycles. The Bertz CT molecular complexity index is 322. The van der Waals surface area contributed by atoms with E-state index in [-0.39, 0.29) is 11.7 Å². The van der Waals surface area contributed by atoms with E-state index in [9.17, 15) is 9.50 Å². The fourth-order valence-corrected chi connectivity index (χ4v) is 1.73. The van der Waals surface area contributed by atoms with Crippen molar-refractivity contribution in [2.45, 2.75) is 39.7 Å². The summed E-state index contributed by atoms with van der Waals surface area (Å²) < 4.78 is 13.3. The highest BCUT2D eigenvalue weighted by Crippen LogP contribution is 2.26. The number of halogens is 1. The first-order valence-electron chi connectivity index (χ1n) is 5.50. The molecule has 0 heterocycles. The first-order chi connectivity index (χ1) is 7.06. The highest BCUT2D eigenvalue weighted by atomic mass is 19.1. The second-order valence-corrected chi connectivity index (χ2v) is 4.22. The molecule has 2 unspecified atom stereocenters. The van der Waals surface area contributed by atoms with Gasteiger partial charge in [-0.05, 0) is 36.5 Å². The van der Waals surface area contributed by atoms with Crippen molar-refractivity contribution >= 4 is 0 Å². The zero-order valence-electron chi connectivity index (χ0n) is 9.63. The highest BCUT2D eigenvalue weighted by Gasteiger charge is 2.16. The van der Waals surface area contributed by atoms with Gasteiger partial charge in [0.2, 0.25) is 0 Å². The minimum atomic E-state index is -0.556. The van der Waals surface area contributed by atoms with E-state index in [0.29, 0.717) is 11.1 Å². The largest absolute Gasteiger partial charge is 0.388 e. The normalized spacial score (nSPS) is 15.0. The molecule has 1 nitrogen and oxygen atoms in total. The van der Waals surface area contributed by atoms with Gasteiger partial charge in [-0.3, -0.25) is 0 Å². The van der Waals surface area contributed by atoms with Gasteiger partial charge in [0.05, 0.1) is 6.10 Å². The summed E-state index contributed by atoms with van der Waals surface area (Å²) in [5.41, 5.74) is 1.30. The van der Waals surface area contributed by atoms with Gasteiger partial charge in [0.15, 0.2) is 0 Å². The first kappa shape index (κ1) is 12.2. The molecule has 0 spiro atoms. The van der Waals surface area contributed by atoms with Crippen LogP contribution in [0.15, 0.2) is 18.2 Å². The minimum absolute atomic E-state index is 0.178. The third kappa shape index (κ3) is 3.03. The van der Waals surface area contributed by atoms with Crippen LogP contribution in [0.5, 0.6) is 0 Å². The van der Waals surface area contributed by atoms with E-state index in [2.05, 4.69) is 6.92 Å². The number of aliphatic hydroxyl groups is 1. The average Bonchev–Trinajstić information content (AvgIpc) is 2.21. The molecule has 1 aromatic carbocycles. The lowest BCUT2D eigenvalue weighted by molar-refractivity contribution is 0.112. The maximum atomic E-state index is 13.3. The van der Waals surface area contributed by atoms with Crippen molar-refractivity contribution in [1.82, 2.24) is 0 Å². The van der Waals surface area contributed by atoms with Crippen molar-refractivity contribution in [1.29, 1.82) is 0 Å². The molecule has 0 aliphatic carbocycles. The quantitative estimate of drug-likeness (QED) is 0.805. The maximum Gasteiger partial charge on any atom is 0.126 e. The van der Waals surface area contributed by atoms with Crippen molar-refractivity contribution in [3.05, 3.63) is 35.1 Å². The van der Waals surface area contributed by atoms with Gasteiger partial charge in [-0.25, -0.2) is 4.39 Å². The molecule has 15 heavy (non-hydrogen) atoms. The van der Waals surface area contributed by atoms with Crippen LogP contribution in [0.25, 0.3) is 0 Å². The minimum Gasteiger partial charge on any atom is -0.388 e. The molecule has 0 aliphatic rings. The number of rotatable bonds is 4. The van der Waals surface area contributed by atoms with Crippen LogP contribution in [-0.2, 0) is 0 Å². The third-order valence-corrected chi connectivity index (χ3v) is 2.82. The van der Waals surface area contributed by atoms with E-state index in [4.69, 9.17) is 0 Å². The van der Waals surface area contributed by atoms with E-state index >= 15 is 0 Å². The fourth-order valence-electron chi connectivity index (χ4n) is 1.73. The molecule has 1 rings (SSSR count). The Balaban J connectivity index is 2.81. The predicted octanol–water partition coefficient (Wildman–Crippen LogP) is 3.60. The van der Waals surface area contributed by atoms with E-state index < -0.39 is 6.10 Å². The summed E-state index contributed by atoms with van der Waals surface area (Å²) in [6, 6.07) is 4.95. The van der Waals surface area contributed by atoms with Gasteiger partial charge in [0.25, 0.3) is 0 Å². The third-order valence-electron chi connectivity index (χ3n) is 2.82. The summed E-state index contributed by atoms with van der Waals surface area (Å²) in [4.78, 5) is 0. The maximum absolute atomic E-state index is 13.3. The molecule has 84 valence electrons. The highest BCUT2D eigenvalue weighted by molar-refractivity contribution is 5.25. The number of benzene rings is 1. The summed E-state index contributed by atoms with van der Waals surface area (Å²) in [7, 11) is 0. The van der Waals surface area contributed by atoms with Crippen molar-refractivity contribution in [2.24, 2.45) is 5.92 Å². The Morgan fingerprint density at radius 1 is 1.40 bits per heavy atom. The summed E-state index contributed by atoms with van der Waals surface area (Å²) in [6.45, 7) is 5.80. The second kappa shape index (κ2) is 5.26. The lowest BCUT2D eigenvalue weighted by atomic mass is 9.93. The van der Waals surface area contributed by atoms with Crippen molar-refractivity contribution in [3.8, 4) is 0 Å². The number of hydrogen-bond donors (Lipinski definition) is 1. The van der Waals surface area contributed by atoms with E-state index in [0.717, 1.165) is 12.8 Å². The first-order valence-corrected chi connectivity index (χ1v) is 5.50. The number of hydrogen-bond acceptors (Lipinski definition) is 1. The van der Waals surface area contributed by atoms with Gasteiger partial charge < -0.3 is 5.11 Å². The summed E-state index contributed by atoms with van der Waals surface area (Å²) in [5, 5.41) is 9.97. The van der Waals surface area contributed by atoms with Crippen molar-refractivity contribution in [2.75, 3.05) is 0 Å². The van der Waals surface area contributed by atoms with Crippen LogP contribution in [-0.4, -0.2) is 5.11 Å². The van der Waals surface area contributed by atoms with Crippen LogP contribution in [0.2, 0.25) is 0 Å². The van der Waals surface area contributed by atoms with Crippen LogP contribution >= 0.6 is 0 Å². The van der Waals surface area contributed by atoms with Gasteiger partial charge in [-0.1, -0.05) is 32.4 Å². The molecule has 1 aromatic rings. The zero-order valence-corrected chi connectivity index (χ0v) is 9.63. The molecule has 2 atom stereocenters. The summed E-state index contributed by atoms with van der Waals surface area (Å²) >= 11 is 0. The summed E-state index contributed by atoms with van der Waals surface area (Å²) in [6.07, 6.45) is 1.43. The molecule has 0 saturated carbocycles. The van der Waals surface area contributed by atoms with Crippen LogP contribution in [0, 0.1) is 18.7 Å². The van der Waals surface area contributed by atoms with Gasteiger partial charge in [-0.2, -0.15) is 0 Å². The van der Waals surface area contributed by atoms with Gasteiger partial charge in [-0.15, -0.1) is 0 Å². The topological polar surface area (TPSA) is 20.2 Å². The number of aryl methyl sites for hydroxylation is 1. The molecule has 0 saturated heterocycles. The van der Waals surface area contributed by atoms with Crippen LogP contribution in [0.1, 0.15) is 43.9 Å². The van der Waals surface area contributed by atoms with Crippen molar-refractivity contribution in [3.63, 3.8) is 0 Å². The average molecular weight is 210 g/mol. The Kier molecular flexibility index (Phi) is 4.28. The Morgan fingerprint density at radius 2 is 2.07 bits per heavy atom. The molecule has 0 bridgehead atoms. The van der Waals surface area contributed by atoms with Crippen LogP contribution in [0.3, 0.4) is 0 Å². The second-order valence-electron chi connectivity index (χ2n) is 4.22. The number of aliphatic hydroxyl groups excluding tert-OH is 1. The Hall–Kier alpha value is -0.890. The lowest BCUT2D eigenvalue weighted by Gasteiger charge is -2.18. The van der Waals surface area contributed by atoms with E-state index in [1.165, 1.54) is 6.07 Å².